The van der Waals surface area contributed by atoms with Crippen molar-refractivity contribution in [2.75, 3.05) is 5.32 Å². The highest BCUT2D eigenvalue weighted by atomic mass is 127. The molecule has 106 valence electrons. The third-order valence-corrected chi connectivity index (χ3v) is 3.90. The van der Waals surface area contributed by atoms with Crippen molar-refractivity contribution in [3.8, 4) is 0 Å². The van der Waals surface area contributed by atoms with Gasteiger partial charge < -0.3 is 10.4 Å². The van der Waals surface area contributed by atoms with E-state index >= 15 is 0 Å². The Morgan fingerprint density at radius 1 is 1.38 bits per heavy atom. The summed E-state index contributed by atoms with van der Waals surface area (Å²) < 4.78 is 2.92. The first kappa shape index (κ1) is 13.8. The largest absolute Gasteiger partial charge is 0.478 e. The number of carboxylic acids is 1. The summed E-state index contributed by atoms with van der Waals surface area (Å²) >= 11 is 2.20. The molecule has 2 heterocycles. The molecule has 0 amide bonds. The van der Waals surface area contributed by atoms with E-state index in [-0.39, 0.29) is 0 Å². The third-order valence-electron chi connectivity index (χ3n) is 3.10. The van der Waals surface area contributed by atoms with Crippen molar-refractivity contribution in [3.05, 3.63) is 51.6 Å². The van der Waals surface area contributed by atoms with Crippen LogP contribution in [0.2, 0.25) is 0 Å². The Balaban J connectivity index is 1.99. The number of benzene rings is 1. The predicted molar refractivity (Wildman–Crippen MR) is 87.1 cm³/mol. The maximum Gasteiger partial charge on any atom is 0.335 e. The quantitative estimate of drug-likeness (QED) is 0.668. The number of aromatic carboxylic acids is 1. The van der Waals surface area contributed by atoms with Crippen LogP contribution >= 0.6 is 22.6 Å². The lowest BCUT2D eigenvalue weighted by atomic mass is 10.1. The molecule has 3 aromatic rings. The fourth-order valence-electron chi connectivity index (χ4n) is 2.10. The Labute approximate surface area is 134 Å². The maximum absolute atomic E-state index is 11.0. The van der Waals surface area contributed by atoms with Gasteiger partial charge in [-0.1, -0.05) is 0 Å². The van der Waals surface area contributed by atoms with E-state index in [9.17, 15) is 4.79 Å². The van der Waals surface area contributed by atoms with Crippen LogP contribution in [0.15, 0.2) is 36.8 Å². The van der Waals surface area contributed by atoms with Crippen LogP contribution in [-0.4, -0.2) is 25.4 Å². The van der Waals surface area contributed by atoms with Gasteiger partial charge in [0.1, 0.15) is 3.70 Å². The number of halogens is 1. The summed E-state index contributed by atoms with van der Waals surface area (Å²) in [6.45, 7) is 1.76. The lowest BCUT2D eigenvalue weighted by Gasteiger charge is -2.09. The SMILES string of the molecule is Cc1cc(Nc2nccn3c(I)cnc23)ccc1C(=O)O. The van der Waals surface area contributed by atoms with E-state index < -0.39 is 5.97 Å². The zero-order valence-electron chi connectivity index (χ0n) is 11.0. The van der Waals surface area contributed by atoms with E-state index in [4.69, 9.17) is 5.11 Å². The number of hydrogen-bond donors (Lipinski definition) is 2. The highest BCUT2D eigenvalue weighted by molar-refractivity contribution is 14.1. The highest BCUT2D eigenvalue weighted by Gasteiger charge is 2.10. The normalized spacial score (nSPS) is 10.8. The van der Waals surface area contributed by atoms with Gasteiger partial charge in [-0.2, -0.15) is 0 Å². The number of aryl methyl sites for hydroxylation is 1. The summed E-state index contributed by atoms with van der Waals surface area (Å²) in [4.78, 5) is 19.6. The van der Waals surface area contributed by atoms with Gasteiger partial charge in [0.2, 0.25) is 0 Å². The standard InChI is InChI=1S/C14H11IN4O2/c1-8-6-9(2-3-10(8)14(20)21)18-12-13-17-7-11(15)19(13)5-4-16-12/h2-7H,1H3,(H,16,18)(H,20,21). The summed E-state index contributed by atoms with van der Waals surface area (Å²) in [5, 5.41) is 12.2. The van der Waals surface area contributed by atoms with Crippen LogP contribution in [0.1, 0.15) is 15.9 Å². The highest BCUT2D eigenvalue weighted by Crippen LogP contribution is 2.22. The van der Waals surface area contributed by atoms with Gasteiger partial charge in [-0.15, -0.1) is 0 Å². The molecule has 7 heteroatoms. The number of anilines is 2. The van der Waals surface area contributed by atoms with Crippen LogP contribution in [0.3, 0.4) is 0 Å². The molecule has 0 unspecified atom stereocenters. The topological polar surface area (TPSA) is 79.5 Å². The number of rotatable bonds is 3. The number of nitrogens with one attached hydrogen (secondary N) is 1. The van der Waals surface area contributed by atoms with Crippen molar-refractivity contribution in [2.45, 2.75) is 6.92 Å². The Bertz CT molecular complexity index is 844. The zero-order valence-corrected chi connectivity index (χ0v) is 13.2. The van der Waals surface area contributed by atoms with Crippen molar-refractivity contribution in [1.29, 1.82) is 0 Å². The number of carboxylic acid groups (broad SMARTS) is 1. The average Bonchev–Trinajstić information content (AvgIpc) is 2.81. The maximum atomic E-state index is 11.0. The molecule has 2 aromatic heterocycles. The number of nitrogens with zero attached hydrogens (tertiary/aromatic N) is 3. The minimum Gasteiger partial charge on any atom is -0.478 e. The first-order valence-corrected chi connectivity index (χ1v) is 7.22. The lowest BCUT2D eigenvalue weighted by molar-refractivity contribution is 0.0696. The molecule has 0 aliphatic rings. The Hall–Kier alpha value is -2.16. The molecule has 2 N–H and O–H groups in total. The predicted octanol–water partition coefficient (Wildman–Crippen LogP) is 3.08. The zero-order chi connectivity index (χ0) is 15.0. The van der Waals surface area contributed by atoms with Crippen LogP contribution in [0, 0.1) is 10.6 Å². The molecule has 1 aromatic carbocycles. The van der Waals surface area contributed by atoms with E-state index in [0.717, 1.165) is 15.0 Å². The second-order valence-corrected chi connectivity index (χ2v) is 5.62. The summed E-state index contributed by atoms with van der Waals surface area (Å²) in [6.07, 6.45) is 5.30. The van der Waals surface area contributed by atoms with Crippen LogP contribution in [0.4, 0.5) is 11.5 Å². The van der Waals surface area contributed by atoms with Gasteiger partial charge >= 0.3 is 5.97 Å². The number of carbonyl (C=O) groups is 1. The van der Waals surface area contributed by atoms with Gasteiger partial charge in [-0.05, 0) is 53.3 Å². The molecule has 21 heavy (non-hydrogen) atoms. The van der Waals surface area contributed by atoms with Crippen molar-refractivity contribution < 1.29 is 9.90 Å². The fourth-order valence-corrected chi connectivity index (χ4v) is 2.62. The van der Waals surface area contributed by atoms with Gasteiger partial charge in [-0.25, -0.2) is 14.8 Å². The first-order valence-electron chi connectivity index (χ1n) is 6.15. The van der Waals surface area contributed by atoms with Crippen LogP contribution in [0.25, 0.3) is 5.65 Å². The third kappa shape index (κ3) is 2.56. The molecule has 6 nitrogen and oxygen atoms in total. The number of imidazole rings is 1. The van der Waals surface area contributed by atoms with Gasteiger partial charge in [0, 0.05) is 18.1 Å². The summed E-state index contributed by atoms with van der Waals surface area (Å²) in [5.74, 6) is -0.301. The van der Waals surface area contributed by atoms with Crippen LogP contribution in [-0.2, 0) is 0 Å². The summed E-state index contributed by atoms with van der Waals surface area (Å²) in [6, 6.07) is 5.08. The van der Waals surface area contributed by atoms with Gasteiger partial charge in [0.15, 0.2) is 11.5 Å². The summed E-state index contributed by atoms with van der Waals surface area (Å²) in [5.41, 5.74) is 2.48. The molecule has 0 saturated heterocycles. The molecular weight excluding hydrogens is 383 g/mol. The van der Waals surface area contributed by atoms with Crippen molar-refractivity contribution in [2.24, 2.45) is 0 Å². The van der Waals surface area contributed by atoms with Crippen molar-refractivity contribution >= 4 is 45.7 Å². The minimum absolute atomic E-state index is 0.294. The van der Waals surface area contributed by atoms with E-state index in [2.05, 4.69) is 37.9 Å². The molecule has 3 rings (SSSR count). The second kappa shape index (κ2) is 5.32. The number of hydrogen-bond acceptors (Lipinski definition) is 4. The van der Waals surface area contributed by atoms with E-state index in [0.29, 0.717) is 16.9 Å². The van der Waals surface area contributed by atoms with Crippen molar-refractivity contribution in [1.82, 2.24) is 14.4 Å². The monoisotopic (exact) mass is 394 g/mol. The molecule has 0 fully saturated rings. The molecule has 0 aliphatic heterocycles. The number of aromatic nitrogens is 3. The second-order valence-electron chi connectivity index (χ2n) is 4.51. The molecule has 0 saturated carbocycles. The van der Waals surface area contributed by atoms with E-state index in [1.807, 2.05) is 10.6 Å². The smallest absolute Gasteiger partial charge is 0.335 e. The molecular formula is C14H11IN4O2. The first-order chi connectivity index (χ1) is 10.1. The molecule has 0 aliphatic carbocycles. The molecule has 0 bridgehead atoms. The summed E-state index contributed by atoms with van der Waals surface area (Å²) in [7, 11) is 0. The minimum atomic E-state index is -0.929. The van der Waals surface area contributed by atoms with E-state index in [1.165, 1.54) is 0 Å². The van der Waals surface area contributed by atoms with Crippen molar-refractivity contribution in [3.63, 3.8) is 0 Å². The van der Waals surface area contributed by atoms with Gasteiger partial charge in [-0.3, -0.25) is 4.40 Å². The average molecular weight is 394 g/mol. The van der Waals surface area contributed by atoms with Gasteiger partial charge in [0.25, 0.3) is 0 Å². The Morgan fingerprint density at radius 2 is 2.19 bits per heavy atom. The number of fused-ring (bicyclic) bond motifs is 1. The van der Waals surface area contributed by atoms with Gasteiger partial charge in [0.05, 0.1) is 11.8 Å². The molecule has 0 radical (unpaired) electrons. The van der Waals surface area contributed by atoms with Crippen LogP contribution < -0.4 is 5.32 Å². The molecule has 0 atom stereocenters. The Kier molecular flexibility index (Phi) is 3.50. The lowest BCUT2D eigenvalue weighted by Crippen LogP contribution is -2.02. The Morgan fingerprint density at radius 3 is 2.90 bits per heavy atom. The fraction of sp³-hybridized carbons (Fsp3) is 0.0714. The van der Waals surface area contributed by atoms with E-state index in [1.54, 1.807) is 37.5 Å². The van der Waals surface area contributed by atoms with Crippen LogP contribution in [0.5, 0.6) is 0 Å². The molecule has 0 spiro atoms.